The molecule has 78 valence electrons. The summed E-state index contributed by atoms with van der Waals surface area (Å²) in [5.74, 6) is 1.15. The molecule has 15 heavy (non-hydrogen) atoms. The number of hydrogen-bond acceptors (Lipinski definition) is 2. The molecule has 3 nitrogen and oxygen atoms in total. The molecule has 0 aliphatic rings. The monoisotopic (exact) mass is 221 g/mol. The molecule has 2 heterocycles. The lowest BCUT2D eigenvalue weighted by Crippen LogP contribution is -1.96. The molecule has 2 aromatic rings. The average molecular weight is 222 g/mol. The Kier molecular flexibility index (Phi) is 2.73. The van der Waals surface area contributed by atoms with Crippen LogP contribution >= 0.6 is 11.6 Å². The van der Waals surface area contributed by atoms with Crippen LogP contribution in [0.5, 0.6) is 0 Å². The van der Waals surface area contributed by atoms with Crippen LogP contribution in [0.2, 0.25) is 5.15 Å². The van der Waals surface area contributed by atoms with Gasteiger partial charge in [-0.25, -0.2) is 9.67 Å². The normalized spacial score (nSPS) is 10.9. The van der Waals surface area contributed by atoms with E-state index in [1.165, 1.54) is 0 Å². The summed E-state index contributed by atoms with van der Waals surface area (Å²) in [5.41, 5.74) is 1.04. The lowest BCUT2D eigenvalue weighted by Gasteiger charge is -1.99. The summed E-state index contributed by atoms with van der Waals surface area (Å²) in [6.45, 7) is 4.18. The first kappa shape index (κ1) is 10.2. The van der Waals surface area contributed by atoms with Crippen molar-refractivity contribution in [1.82, 2.24) is 14.8 Å². The van der Waals surface area contributed by atoms with Crippen LogP contribution in [0.1, 0.15) is 25.3 Å². The molecule has 2 aromatic heterocycles. The molecule has 0 spiro atoms. The second kappa shape index (κ2) is 4.03. The number of aromatic nitrogens is 3. The Balaban J connectivity index is 2.43. The maximum atomic E-state index is 6.03. The van der Waals surface area contributed by atoms with Gasteiger partial charge in [-0.15, -0.1) is 0 Å². The number of nitrogens with zero attached hydrogens (tertiary/aromatic N) is 3. The predicted molar refractivity (Wildman–Crippen MR) is 60.5 cm³/mol. The van der Waals surface area contributed by atoms with E-state index in [0.717, 1.165) is 11.4 Å². The van der Waals surface area contributed by atoms with Crippen molar-refractivity contribution in [3.63, 3.8) is 0 Å². The third-order valence-corrected chi connectivity index (χ3v) is 2.49. The Labute approximate surface area is 93.7 Å². The van der Waals surface area contributed by atoms with Gasteiger partial charge in [-0.2, -0.15) is 5.10 Å². The molecule has 0 fully saturated rings. The zero-order valence-corrected chi connectivity index (χ0v) is 9.44. The van der Waals surface area contributed by atoms with Crippen LogP contribution in [0.25, 0.3) is 5.82 Å². The molecule has 0 saturated carbocycles. The number of hydrogen-bond donors (Lipinski definition) is 0. The second-order valence-electron chi connectivity index (χ2n) is 3.66. The molecule has 2 rings (SSSR count). The summed E-state index contributed by atoms with van der Waals surface area (Å²) >= 11 is 6.03. The molecular formula is C11H12ClN3. The van der Waals surface area contributed by atoms with E-state index >= 15 is 0 Å². The van der Waals surface area contributed by atoms with Gasteiger partial charge < -0.3 is 0 Å². The standard InChI is InChI=1S/C11H12ClN3/c1-8(2)9-7-15(14-11(9)12)10-5-3-4-6-13-10/h3-8H,1-2H3. The molecule has 0 aliphatic carbocycles. The maximum absolute atomic E-state index is 6.03. The van der Waals surface area contributed by atoms with E-state index in [2.05, 4.69) is 23.9 Å². The highest BCUT2D eigenvalue weighted by Crippen LogP contribution is 2.23. The molecule has 0 bridgehead atoms. The first-order valence-electron chi connectivity index (χ1n) is 4.85. The van der Waals surface area contributed by atoms with Crippen LogP contribution < -0.4 is 0 Å². The van der Waals surface area contributed by atoms with Crippen LogP contribution in [-0.2, 0) is 0 Å². The van der Waals surface area contributed by atoms with Crippen molar-refractivity contribution in [3.8, 4) is 5.82 Å². The lowest BCUT2D eigenvalue weighted by atomic mass is 10.1. The molecule has 0 saturated heterocycles. The third-order valence-electron chi connectivity index (χ3n) is 2.20. The highest BCUT2D eigenvalue weighted by molar-refractivity contribution is 6.30. The Morgan fingerprint density at radius 3 is 2.67 bits per heavy atom. The molecular weight excluding hydrogens is 210 g/mol. The fourth-order valence-corrected chi connectivity index (χ4v) is 1.71. The zero-order chi connectivity index (χ0) is 10.8. The summed E-state index contributed by atoms with van der Waals surface area (Å²) in [5, 5.41) is 4.77. The quantitative estimate of drug-likeness (QED) is 0.781. The summed E-state index contributed by atoms with van der Waals surface area (Å²) in [6.07, 6.45) is 3.66. The molecule has 0 radical (unpaired) electrons. The SMILES string of the molecule is CC(C)c1cn(-c2ccccn2)nc1Cl. The van der Waals surface area contributed by atoms with Crippen molar-refractivity contribution in [2.75, 3.05) is 0 Å². The molecule has 0 unspecified atom stereocenters. The van der Waals surface area contributed by atoms with Crippen LogP contribution in [0.3, 0.4) is 0 Å². The minimum absolute atomic E-state index is 0.370. The van der Waals surface area contributed by atoms with Gasteiger partial charge in [0.2, 0.25) is 0 Å². The summed E-state index contributed by atoms with van der Waals surface area (Å²) < 4.78 is 1.71. The van der Waals surface area contributed by atoms with E-state index < -0.39 is 0 Å². The van der Waals surface area contributed by atoms with Gasteiger partial charge in [-0.3, -0.25) is 0 Å². The lowest BCUT2D eigenvalue weighted by molar-refractivity contribution is 0.839. The van der Waals surface area contributed by atoms with Gasteiger partial charge in [0.1, 0.15) is 0 Å². The molecule has 0 N–H and O–H groups in total. The van der Waals surface area contributed by atoms with Crippen molar-refractivity contribution in [1.29, 1.82) is 0 Å². The third kappa shape index (κ3) is 2.02. The van der Waals surface area contributed by atoms with Crippen molar-refractivity contribution in [2.45, 2.75) is 19.8 Å². The number of pyridine rings is 1. The van der Waals surface area contributed by atoms with Crippen LogP contribution in [0.4, 0.5) is 0 Å². The second-order valence-corrected chi connectivity index (χ2v) is 4.02. The topological polar surface area (TPSA) is 30.7 Å². The highest BCUT2D eigenvalue weighted by Gasteiger charge is 2.11. The Morgan fingerprint density at radius 1 is 1.33 bits per heavy atom. The Hall–Kier alpha value is -1.35. The van der Waals surface area contributed by atoms with E-state index in [-0.39, 0.29) is 0 Å². The van der Waals surface area contributed by atoms with Gasteiger partial charge in [0.05, 0.1) is 0 Å². The predicted octanol–water partition coefficient (Wildman–Crippen LogP) is 3.04. The van der Waals surface area contributed by atoms with Crippen LogP contribution in [0.15, 0.2) is 30.6 Å². The molecule has 4 heteroatoms. The first-order valence-corrected chi connectivity index (χ1v) is 5.22. The van der Waals surface area contributed by atoms with Gasteiger partial charge in [-0.1, -0.05) is 31.5 Å². The smallest absolute Gasteiger partial charge is 0.155 e. The Bertz CT molecular complexity index is 448. The van der Waals surface area contributed by atoms with E-state index in [1.807, 2.05) is 24.4 Å². The minimum Gasteiger partial charge on any atom is -0.237 e. The molecule has 0 aliphatic heterocycles. The van der Waals surface area contributed by atoms with Crippen molar-refractivity contribution in [3.05, 3.63) is 41.3 Å². The Morgan fingerprint density at radius 2 is 2.13 bits per heavy atom. The van der Waals surface area contributed by atoms with Gasteiger partial charge in [0, 0.05) is 18.0 Å². The van der Waals surface area contributed by atoms with Gasteiger partial charge >= 0.3 is 0 Å². The van der Waals surface area contributed by atoms with Crippen LogP contribution in [0, 0.1) is 0 Å². The summed E-state index contributed by atoms with van der Waals surface area (Å²) in [4.78, 5) is 4.20. The van der Waals surface area contributed by atoms with Gasteiger partial charge in [0.15, 0.2) is 11.0 Å². The van der Waals surface area contributed by atoms with E-state index in [9.17, 15) is 0 Å². The summed E-state index contributed by atoms with van der Waals surface area (Å²) in [7, 11) is 0. The first-order chi connectivity index (χ1) is 7.18. The fourth-order valence-electron chi connectivity index (χ4n) is 1.36. The van der Waals surface area contributed by atoms with E-state index in [1.54, 1.807) is 10.9 Å². The number of rotatable bonds is 2. The average Bonchev–Trinajstić information content (AvgIpc) is 2.62. The summed E-state index contributed by atoms with van der Waals surface area (Å²) in [6, 6.07) is 5.69. The van der Waals surface area contributed by atoms with Gasteiger partial charge in [0.25, 0.3) is 0 Å². The van der Waals surface area contributed by atoms with Crippen molar-refractivity contribution in [2.24, 2.45) is 0 Å². The fraction of sp³-hybridized carbons (Fsp3) is 0.273. The number of halogens is 1. The molecule has 0 amide bonds. The largest absolute Gasteiger partial charge is 0.237 e. The van der Waals surface area contributed by atoms with Crippen LogP contribution in [-0.4, -0.2) is 14.8 Å². The van der Waals surface area contributed by atoms with E-state index in [4.69, 9.17) is 11.6 Å². The molecule has 0 atom stereocenters. The zero-order valence-electron chi connectivity index (χ0n) is 8.68. The molecule has 0 aromatic carbocycles. The van der Waals surface area contributed by atoms with E-state index in [0.29, 0.717) is 11.1 Å². The minimum atomic E-state index is 0.370. The highest BCUT2D eigenvalue weighted by atomic mass is 35.5. The maximum Gasteiger partial charge on any atom is 0.155 e. The van der Waals surface area contributed by atoms with Crippen molar-refractivity contribution < 1.29 is 0 Å². The van der Waals surface area contributed by atoms with Gasteiger partial charge in [-0.05, 0) is 18.1 Å². The van der Waals surface area contributed by atoms with Crippen molar-refractivity contribution >= 4 is 11.6 Å².